The maximum atomic E-state index is 12.8. The van der Waals surface area contributed by atoms with Crippen LogP contribution in [0.15, 0.2) is 53.4 Å². The lowest BCUT2D eigenvalue weighted by atomic mass is 10.1. The summed E-state index contributed by atoms with van der Waals surface area (Å²) in [5, 5.41) is 5.47. The second-order valence-electron chi connectivity index (χ2n) is 6.69. The van der Waals surface area contributed by atoms with Crippen molar-refractivity contribution in [2.24, 2.45) is 0 Å². The number of carbonyl (C=O) groups excluding carboxylic acids is 1. The Bertz CT molecular complexity index is 979. The molecule has 0 aliphatic heterocycles. The molecule has 2 aromatic rings. The Morgan fingerprint density at radius 1 is 1.17 bits per heavy atom. The highest BCUT2D eigenvalue weighted by atomic mass is 32.2. The van der Waals surface area contributed by atoms with E-state index in [1.807, 2.05) is 44.2 Å². The normalized spacial score (nSPS) is 12.0. The van der Waals surface area contributed by atoms with Crippen molar-refractivity contribution in [3.63, 3.8) is 0 Å². The first-order valence-electron chi connectivity index (χ1n) is 9.61. The van der Waals surface area contributed by atoms with Gasteiger partial charge in [0.1, 0.15) is 10.6 Å². The van der Waals surface area contributed by atoms with Crippen molar-refractivity contribution in [2.75, 3.05) is 13.7 Å². The molecule has 3 N–H and O–H groups in total. The second kappa shape index (κ2) is 10.9. The lowest BCUT2D eigenvalue weighted by Gasteiger charge is -2.16. The highest BCUT2D eigenvalue weighted by molar-refractivity contribution is 7.92. The molecule has 0 heterocycles. The molecule has 1 atom stereocenters. The Kier molecular flexibility index (Phi) is 8.61. The fourth-order valence-electron chi connectivity index (χ4n) is 2.73. The molecule has 1 unspecified atom stereocenters. The zero-order valence-electron chi connectivity index (χ0n) is 17.3. The first-order valence-corrected chi connectivity index (χ1v) is 11.5. The van der Waals surface area contributed by atoms with Gasteiger partial charge in [-0.2, -0.15) is 0 Å². The van der Waals surface area contributed by atoms with Crippen LogP contribution in [-0.4, -0.2) is 33.1 Å². The van der Waals surface area contributed by atoms with Crippen molar-refractivity contribution < 1.29 is 17.9 Å². The molecule has 30 heavy (non-hydrogen) atoms. The lowest BCUT2D eigenvalue weighted by molar-refractivity contribution is -0.121. The Hall–Kier alpha value is -2.65. The Morgan fingerprint density at radius 3 is 2.50 bits per heavy atom. The number of ether oxygens (including phenoxy) is 1. The van der Waals surface area contributed by atoms with E-state index in [1.165, 1.54) is 13.1 Å². The number of nitrogens with one attached hydrogen (secondary N) is 3. The van der Waals surface area contributed by atoms with Crippen LogP contribution in [0.3, 0.4) is 0 Å². The number of thiocarbonyl (C=S) groups is 1. The summed E-state index contributed by atoms with van der Waals surface area (Å²) >= 11 is 4.92. The molecule has 0 aliphatic rings. The van der Waals surface area contributed by atoms with Crippen molar-refractivity contribution in [3.05, 3.63) is 59.7 Å². The molecule has 162 valence electrons. The topological polar surface area (TPSA) is 96.5 Å². The molecule has 0 bridgehead atoms. The molecule has 0 spiro atoms. The molecule has 0 aromatic heterocycles. The van der Waals surface area contributed by atoms with Gasteiger partial charge in [0.15, 0.2) is 5.11 Å². The van der Waals surface area contributed by atoms with E-state index in [9.17, 15) is 13.2 Å². The maximum absolute atomic E-state index is 12.8. The minimum Gasteiger partial charge on any atom is -0.492 e. The minimum absolute atomic E-state index is 0.0312. The fourth-order valence-corrected chi connectivity index (χ4v) is 4.22. The van der Waals surface area contributed by atoms with Gasteiger partial charge in [-0.1, -0.05) is 43.3 Å². The molecule has 2 aromatic carbocycles. The van der Waals surface area contributed by atoms with Gasteiger partial charge in [-0.15, -0.1) is 0 Å². The molecule has 0 fully saturated rings. The number of hydrogen-bond donors (Lipinski definition) is 3. The molecule has 2 rings (SSSR count). The predicted octanol–water partition coefficient (Wildman–Crippen LogP) is 2.68. The summed E-state index contributed by atoms with van der Waals surface area (Å²) in [5.41, 5.74) is 1.54. The SMILES string of the molecule is CCCOc1ccc(CC(=O)NC(C)c2ccccc2)cc1S(=O)(=O)NC(=S)NC. The Labute approximate surface area is 183 Å². The molecule has 0 aliphatic carbocycles. The van der Waals surface area contributed by atoms with Crippen molar-refractivity contribution in [2.45, 2.75) is 37.6 Å². The summed E-state index contributed by atoms with van der Waals surface area (Å²) < 4.78 is 33.4. The summed E-state index contributed by atoms with van der Waals surface area (Å²) in [4.78, 5) is 12.4. The van der Waals surface area contributed by atoms with Gasteiger partial charge in [-0.05, 0) is 48.8 Å². The van der Waals surface area contributed by atoms with Gasteiger partial charge < -0.3 is 15.4 Å². The number of rotatable bonds is 9. The average Bonchev–Trinajstić information content (AvgIpc) is 2.72. The number of amides is 1. The highest BCUT2D eigenvalue weighted by Crippen LogP contribution is 2.26. The van der Waals surface area contributed by atoms with Crippen LogP contribution in [0.1, 0.15) is 37.4 Å². The average molecular weight is 450 g/mol. The standard InChI is InChI=1S/C21H27N3O4S2/c1-4-12-28-18-11-10-16(13-19(18)30(26,27)24-21(29)22-3)14-20(25)23-15(2)17-8-6-5-7-9-17/h5-11,13,15H,4,12,14H2,1-3H3,(H,23,25)(H2,22,24,29). The number of benzene rings is 2. The summed E-state index contributed by atoms with van der Waals surface area (Å²) in [7, 11) is -2.45. The van der Waals surface area contributed by atoms with Crippen molar-refractivity contribution in [1.82, 2.24) is 15.4 Å². The molecule has 0 saturated carbocycles. The summed E-state index contributed by atoms with van der Waals surface area (Å²) in [6.45, 7) is 4.19. The predicted molar refractivity (Wildman–Crippen MR) is 121 cm³/mol. The van der Waals surface area contributed by atoms with E-state index < -0.39 is 10.0 Å². The van der Waals surface area contributed by atoms with Gasteiger partial charge in [0, 0.05) is 7.05 Å². The van der Waals surface area contributed by atoms with Crippen molar-refractivity contribution >= 4 is 33.3 Å². The van der Waals surface area contributed by atoms with E-state index in [1.54, 1.807) is 12.1 Å². The Morgan fingerprint density at radius 2 is 1.87 bits per heavy atom. The summed E-state index contributed by atoms with van der Waals surface area (Å²) in [6, 6.07) is 14.1. The van der Waals surface area contributed by atoms with Crippen LogP contribution in [0, 0.1) is 0 Å². The maximum Gasteiger partial charge on any atom is 0.267 e. The van der Waals surface area contributed by atoms with E-state index >= 15 is 0 Å². The van der Waals surface area contributed by atoms with E-state index in [-0.39, 0.29) is 34.1 Å². The van der Waals surface area contributed by atoms with Gasteiger partial charge in [0.05, 0.1) is 19.1 Å². The van der Waals surface area contributed by atoms with Crippen LogP contribution in [0.2, 0.25) is 0 Å². The monoisotopic (exact) mass is 449 g/mol. The van der Waals surface area contributed by atoms with Gasteiger partial charge in [-0.25, -0.2) is 8.42 Å². The fraction of sp³-hybridized carbons (Fsp3) is 0.333. The summed E-state index contributed by atoms with van der Waals surface area (Å²) in [6.07, 6.45) is 0.758. The molecular formula is C21H27N3O4S2. The van der Waals surface area contributed by atoms with Crippen LogP contribution in [-0.2, 0) is 21.2 Å². The first-order chi connectivity index (χ1) is 14.3. The molecule has 0 saturated heterocycles. The third-order valence-electron chi connectivity index (χ3n) is 4.26. The van der Waals surface area contributed by atoms with E-state index in [0.717, 1.165) is 12.0 Å². The van der Waals surface area contributed by atoms with Crippen molar-refractivity contribution in [1.29, 1.82) is 0 Å². The van der Waals surface area contributed by atoms with Crippen molar-refractivity contribution in [3.8, 4) is 5.75 Å². The highest BCUT2D eigenvalue weighted by Gasteiger charge is 2.22. The zero-order chi connectivity index (χ0) is 22.1. The van der Waals surface area contributed by atoms with Crippen LogP contribution in [0.4, 0.5) is 0 Å². The van der Waals surface area contributed by atoms with Crippen LogP contribution in [0.5, 0.6) is 5.75 Å². The third-order valence-corrected chi connectivity index (χ3v) is 6.06. The smallest absolute Gasteiger partial charge is 0.267 e. The van der Waals surface area contributed by atoms with Gasteiger partial charge in [0.2, 0.25) is 5.91 Å². The van der Waals surface area contributed by atoms with Crippen LogP contribution < -0.4 is 20.1 Å². The van der Waals surface area contributed by atoms with Gasteiger partial charge in [0.25, 0.3) is 10.0 Å². The van der Waals surface area contributed by atoms with Crippen LogP contribution >= 0.6 is 12.2 Å². The summed E-state index contributed by atoms with van der Waals surface area (Å²) in [5.74, 6) is 0.000646. The Balaban J connectivity index is 2.22. The minimum atomic E-state index is -3.97. The van der Waals surface area contributed by atoms with E-state index in [0.29, 0.717) is 12.2 Å². The number of hydrogen-bond acceptors (Lipinski definition) is 5. The molecular weight excluding hydrogens is 422 g/mol. The molecule has 7 nitrogen and oxygen atoms in total. The number of sulfonamides is 1. The third kappa shape index (κ3) is 6.70. The van der Waals surface area contributed by atoms with Crippen LogP contribution in [0.25, 0.3) is 0 Å². The number of carbonyl (C=O) groups is 1. The molecule has 9 heteroatoms. The second-order valence-corrected chi connectivity index (χ2v) is 8.75. The first kappa shape index (κ1) is 23.6. The van der Waals surface area contributed by atoms with E-state index in [2.05, 4.69) is 15.4 Å². The lowest BCUT2D eigenvalue weighted by Crippen LogP contribution is -2.37. The van der Waals surface area contributed by atoms with Gasteiger partial charge >= 0.3 is 0 Å². The van der Waals surface area contributed by atoms with Gasteiger partial charge in [-0.3, -0.25) is 9.52 Å². The quantitative estimate of drug-likeness (QED) is 0.510. The molecule has 1 amide bonds. The molecule has 0 radical (unpaired) electrons. The van der Waals surface area contributed by atoms with E-state index in [4.69, 9.17) is 17.0 Å². The zero-order valence-corrected chi connectivity index (χ0v) is 18.9. The largest absolute Gasteiger partial charge is 0.492 e.